The Balaban J connectivity index is 1.42. The SMILES string of the molecule is CCn1c(Cn2cncn2)nnc1C1CCN(C(=O)C2CCC2)CC1. The first-order valence-electron chi connectivity index (χ1n) is 9.29. The molecule has 0 atom stereocenters. The summed E-state index contributed by atoms with van der Waals surface area (Å²) in [5.41, 5.74) is 0. The van der Waals surface area contributed by atoms with Crippen molar-refractivity contribution in [2.45, 2.75) is 58.0 Å². The van der Waals surface area contributed by atoms with Gasteiger partial charge >= 0.3 is 0 Å². The standard InChI is InChI=1S/C17H25N7O/c1-2-24-15(10-23-12-18-11-19-23)20-21-16(24)13-6-8-22(9-7-13)17(25)14-4-3-5-14/h11-14H,2-10H2,1H3. The van der Waals surface area contributed by atoms with Crippen LogP contribution in [0.2, 0.25) is 0 Å². The minimum absolute atomic E-state index is 0.296. The summed E-state index contributed by atoms with van der Waals surface area (Å²) in [5, 5.41) is 13.0. The van der Waals surface area contributed by atoms with Crippen LogP contribution in [-0.2, 0) is 17.9 Å². The molecule has 2 aliphatic rings. The number of hydrogen-bond donors (Lipinski definition) is 0. The summed E-state index contributed by atoms with van der Waals surface area (Å²) in [6.07, 6.45) is 8.53. The topological polar surface area (TPSA) is 81.7 Å². The fraction of sp³-hybridized carbons (Fsp3) is 0.706. The van der Waals surface area contributed by atoms with Crippen molar-refractivity contribution in [3.63, 3.8) is 0 Å². The molecule has 2 aromatic rings. The number of carbonyl (C=O) groups is 1. The maximum absolute atomic E-state index is 12.4. The number of aromatic nitrogens is 6. The van der Waals surface area contributed by atoms with Crippen LogP contribution < -0.4 is 0 Å². The lowest BCUT2D eigenvalue weighted by Crippen LogP contribution is -2.43. The van der Waals surface area contributed by atoms with Crippen LogP contribution in [-0.4, -0.2) is 53.4 Å². The maximum Gasteiger partial charge on any atom is 0.225 e. The van der Waals surface area contributed by atoms with Crippen LogP contribution >= 0.6 is 0 Å². The Hall–Kier alpha value is -2.25. The molecule has 1 aliphatic carbocycles. The van der Waals surface area contributed by atoms with E-state index >= 15 is 0 Å². The van der Waals surface area contributed by atoms with Crippen molar-refractivity contribution < 1.29 is 4.79 Å². The van der Waals surface area contributed by atoms with Gasteiger partial charge in [-0.1, -0.05) is 6.42 Å². The normalized spacial score (nSPS) is 19.2. The average Bonchev–Trinajstić information content (AvgIpc) is 3.23. The van der Waals surface area contributed by atoms with Gasteiger partial charge in [-0.25, -0.2) is 9.67 Å². The Labute approximate surface area is 147 Å². The first kappa shape index (κ1) is 16.2. The van der Waals surface area contributed by atoms with Crippen LogP contribution in [0.1, 0.15) is 56.6 Å². The quantitative estimate of drug-likeness (QED) is 0.820. The number of carbonyl (C=O) groups excluding carboxylic acids is 1. The van der Waals surface area contributed by atoms with Gasteiger partial charge in [0.15, 0.2) is 5.82 Å². The van der Waals surface area contributed by atoms with Crippen molar-refractivity contribution in [1.29, 1.82) is 0 Å². The molecule has 1 aliphatic heterocycles. The summed E-state index contributed by atoms with van der Waals surface area (Å²) in [6.45, 7) is 5.23. The smallest absolute Gasteiger partial charge is 0.225 e. The molecular formula is C17H25N7O. The number of rotatable bonds is 5. The Morgan fingerprint density at radius 2 is 2.00 bits per heavy atom. The highest BCUT2D eigenvalue weighted by Gasteiger charge is 2.33. The van der Waals surface area contributed by atoms with Gasteiger partial charge in [0.05, 0.1) is 0 Å². The first-order chi connectivity index (χ1) is 12.3. The lowest BCUT2D eigenvalue weighted by molar-refractivity contribution is -0.139. The molecule has 8 nitrogen and oxygen atoms in total. The van der Waals surface area contributed by atoms with Crippen LogP contribution in [0.15, 0.2) is 12.7 Å². The molecule has 1 saturated carbocycles. The molecule has 1 amide bonds. The average molecular weight is 343 g/mol. The van der Waals surface area contributed by atoms with E-state index in [0.29, 0.717) is 24.3 Å². The van der Waals surface area contributed by atoms with E-state index in [1.54, 1.807) is 11.0 Å². The van der Waals surface area contributed by atoms with E-state index in [9.17, 15) is 4.79 Å². The molecule has 8 heteroatoms. The van der Waals surface area contributed by atoms with Crippen LogP contribution in [0.5, 0.6) is 0 Å². The second-order valence-electron chi connectivity index (χ2n) is 7.04. The number of nitrogens with zero attached hydrogens (tertiary/aromatic N) is 7. The van der Waals surface area contributed by atoms with Gasteiger partial charge in [0.25, 0.3) is 0 Å². The lowest BCUT2D eigenvalue weighted by Gasteiger charge is -2.36. The van der Waals surface area contributed by atoms with E-state index in [-0.39, 0.29) is 0 Å². The van der Waals surface area contributed by atoms with Crippen molar-refractivity contribution in [2.75, 3.05) is 13.1 Å². The molecule has 0 aromatic carbocycles. The number of likely N-dealkylation sites (tertiary alicyclic amines) is 1. The number of hydrogen-bond acceptors (Lipinski definition) is 5. The fourth-order valence-electron chi connectivity index (χ4n) is 3.84. The van der Waals surface area contributed by atoms with Gasteiger partial charge in [-0.2, -0.15) is 5.10 Å². The predicted octanol–water partition coefficient (Wildman–Crippen LogP) is 1.44. The third-order valence-corrected chi connectivity index (χ3v) is 5.57. The van der Waals surface area contributed by atoms with Gasteiger partial charge < -0.3 is 9.47 Å². The summed E-state index contributed by atoms with van der Waals surface area (Å²) < 4.78 is 3.95. The Bertz CT molecular complexity index is 711. The molecular weight excluding hydrogens is 318 g/mol. The molecule has 1 saturated heterocycles. The van der Waals surface area contributed by atoms with E-state index in [1.807, 2.05) is 0 Å². The van der Waals surface area contributed by atoms with Crippen molar-refractivity contribution in [3.8, 4) is 0 Å². The summed E-state index contributed by atoms with van der Waals surface area (Å²) in [5.74, 6) is 3.00. The van der Waals surface area contributed by atoms with Gasteiger partial charge in [0.1, 0.15) is 25.0 Å². The van der Waals surface area contributed by atoms with E-state index in [2.05, 4.69) is 36.7 Å². The predicted molar refractivity (Wildman–Crippen MR) is 90.7 cm³/mol. The molecule has 134 valence electrons. The third-order valence-electron chi connectivity index (χ3n) is 5.57. The Morgan fingerprint density at radius 3 is 2.60 bits per heavy atom. The molecule has 2 fully saturated rings. The Kier molecular flexibility index (Phi) is 4.50. The summed E-state index contributed by atoms with van der Waals surface area (Å²) in [4.78, 5) is 18.4. The van der Waals surface area contributed by atoms with Crippen LogP contribution in [0, 0.1) is 5.92 Å². The number of amides is 1. The van der Waals surface area contributed by atoms with Gasteiger partial charge in [-0.15, -0.1) is 10.2 Å². The summed E-state index contributed by atoms with van der Waals surface area (Å²) >= 11 is 0. The largest absolute Gasteiger partial charge is 0.342 e. The van der Waals surface area contributed by atoms with E-state index in [0.717, 1.165) is 57.0 Å². The molecule has 2 aromatic heterocycles. The number of piperidine rings is 1. The molecule has 0 radical (unpaired) electrons. The monoisotopic (exact) mass is 343 g/mol. The van der Waals surface area contributed by atoms with E-state index < -0.39 is 0 Å². The highest BCUT2D eigenvalue weighted by Crippen LogP contribution is 2.32. The molecule has 25 heavy (non-hydrogen) atoms. The minimum atomic E-state index is 0.296. The van der Waals surface area contributed by atoms with Crippen molar-refractivity contribution in [2.24, 2.45) is 5.92 Å². The van der Waals surface area contributed by atoms with Crippen molar-refractivity contribution in [3.05, 3.63) is 24.3 Å². The summed E-state index contributed by atoms with van der Waals surface area (Å²) in [7, 11) is 0. The highest BCUT2D eigenvalue weighted by atomic mass is 16.2. The maximum atomic E-state index is 12.4. The first-order valence-corrected chi connectivity index (χ1v) is 9.29. The Morgan fingerprint density at radius 1 is 1.20 bits per heavy atom. The third kappa shape index (κ3) is 3.17. The highest BCUT2D eigenvalue weighted by molar-refractivity contribution is 5.79. The van der Waals surface area contributed by atoms with Crippen LogP contribution in [0.3, 0.4) is 0 Å². The molecule has 3 heterocycles. The van der Waals surface area contributed by atoms with Gasteiger partial charge in [0, 0.05) is 31.5 Å². The van der Waals surface area contributed by atoms with Crippen molar-refractivity contribution in [1.82, 2.24) is 34.4 Å². The van der Waals surface area contributed by atoms with Gasteiger partial charge in [0.2, 0.25) is 5.91 Å². The second-order valence-corrected chi connectivity index (χ2v) is 7.04. The lowest BCUT2D eigenvalue weighted by atomic mass is 9.83. The van der Waals surface area contributed by atoms with Crippen LogP contribution in [0.25, 0.3) is 0 Å². The zero-order valence-electron chi connectivity index (χ0n) is 14.7. The fourth-order valence-corrected chi connectivity index (χ4v) is 3.84. The summed E-state index contributed by atoms with van der Waals surface area (Å²) in [6, 6.07) is 0. The van der Waals surface area contributed by atoms with Gasteiger partial charge in [-0.3, -0.25) is 4.79 Å². The van der Waals surface area contributed by atoms with Crippen LogP contribution in [0.4, 0.5) is 0 Å². The van der Waals surface area contributed by atoms with Gasteiger partial charge in [-0.05, 0) is 32.6 Å². The van der Waals surface area contributed by atoms with Crippen molar-refractivity contribution >= 4 is 5.91 Å². The molecule has 0 bridgehead atoms. The zero-order valence-corrected chi connectivity index (χ0v) is 14.7. The molecule has 0 spiro atoms. The second kappa shape index (κ2) is 6.93. The minimum Gasteiger partial charge on any atom is -0.342 e. The molecule has 0 N–H and O–H groups in total. The molecule has 0 unspecified atom stereocenters. The molecule has 4 rings (SSSR count). The zero-order chi connectivity index (χ0) is 17.2. The van der Waals surface area contributed by atoms with E-state index in [1.165, 1.54) is 12.7 Å². The van der Waals surface area contributed by atoms with E-state index in [4.69, 9.17) is 0 Å².